The number of rotatable bonds is 13. The van der Waals surface area contributed by atoms with Gasteiger partial charge in [-0.25, -0.2) is 22.0 Å². The van der Waals surface area contributed by atoms with Gasteiger partial charge in [-0.3, -0.25) is 0 Å². The number of benzene rings is 1. The zero-order valence-corrected chi connectivity index (χ0v) is 19.6. The summed E-state index contributed by atoms with van der Waals surface area (Å²) in [4.78, 5) is 0. The Balaban J connectivity index is 2.98. The number of hydrogen-bond acceptors (Lipinski definition) is 4. The minimum absolute atomic E-state index is 0.137. The molecule has 0 fully saturated rings. The molecule has 10 heteroatoms. The van der Waals surface area contributed by atoms with E-state index < -0.39 is 46.1 Å². The third kappa shape index (κ3) is 8.09. The third-order valence-electron chi connectivity index (χ3n) is 4.25. The summed E-state index contributed by atoms with van der Waals surface area (Å²) in [7, 11) is 0. The van der Waals surface area contributed by atoms with Gasteiger partial charge in [0.05, 0.1) is 13.2 Å². The summed E-state index contributed by atoms with van der Waals surface area (Å²) in [5.41, 5.74) is -3.96. The molecule has 1 aromatic rings. The standard InChI is InChI=1S/C19H28F5O2PS2/c1-5-7-8-13(6-2)10-26-27(28,25-9-12(3)4)29-11-14-15(20)17(22)19(24)18(23)16(14)21/h12-13H,5-11H2,1-4H3. The Morgan fingerprint density at radius 2 is 1.41 bits per heavy atom. The van der Waals surface area contributed by atoms with Gasteiger partial charge in [0.2, 0.25) is 11.5 Å². The van der Waals surface area contributed by atoms with Crippen molar-refractivity contribution in [2.45, 2.75) is 59.1 Å². The normalized spacial score (nSPS) is 15.0. The highest BCUT2D eigenvalue weighted by Gasteiger charge is 2.29. The van der Waals surface area contributed by atoms with Gasteiger partial charge in [0, 0.05) is 11.3 Å². The zero-order chi connectivity index (χ0) is 22.2. The van der Waals surface area contributed by atoms with E-state index in [2.05, 4.69) is 6.92 Å². The third-order valence-corrected chi connectivity index (χ3v) is 9.46. The van der Waals surface area contributed by atoms with E-state index >= 15 is 0 Å². The molecular weight excluding hydrogens is 450 g/mol. The van der Waals surface area contributed by atoms with Crippen LogP contribution in [-0.4, -0.2) is 13.2 Å². The molecule has 0 heterocycles. The molecule has 1 rings (SSSR count). The molecule has 2 unspecified atom stereocenters. The highest BCUT2D eigenvalue weighted by atomic mass is 32.9. The van der Waals surface area contributed by atoms with Crippen molar-refractivity contribution in [1.29, 1.82) is 0 Å². The largest absolute Gasteiger partial charge is 0.321 e. The molecule has 1 aromatic carbocycles. The van der Waals surface area contributed by atoms with E-state index in [1.807, 2.05) is 20.8 Å². The molecule has 168 valence electrons. The van der Waals surface area contributed by atoms with Gasteiger partial charge in [0.1, 0.15) is 0 Å². The van der Waals surface area contributed by atoms with E-state index in [0.29, 0.717) is 6.61 Å². The Bertz CT molecular complexity index is 689. The quantitative estimate of drug-likeness (QED) is 0.125. The molecule has 2 nitrogen and oxygen atoms in total. The molecule has 0 radical (unpaired) electrons. The van der Waals surface area contributed by atoms with Crippen LogP contribution in [0.3, 0.4) is 0 Å². The minimum atomic E-state index is -3.04. The first-order chi connectivity index (χ1) is 13.6. The fourth-order valence-corrected chi connectivity index (χ4v) is 6.52. The SMILES string of the molecule is CCCCC(CC)COP(=S)(OCC(C)C)SCc1c(F)c(F)c(F)c(F)c1F. The lowest BCUT2D eigenvalue weighted by atomic mass is 10.0. The molecule has 0 saturated heterocycles. The van der Waals surface area contributed by atoms with E-state index in [-0.39, 0.29) is 18.4 Å². The van der Waals surface area contributed by atoms with Crippen LogP contribution in [0.4, 0.5) is 22.0 Å². The van der Waals surface area contributed by atoms with Gasteiger partial charge in [-0.05, 0) is 30.1 Å². The first-order valence-electron chi connectivity index (χ1n) is 9.60. The van der Waals surface area contributed by atoms with Crippen LogP contribution in [0.1, 0.15) is 58.9 Å². The maximum absolute atomic E-state index is 14.0. The van der Waals surface area contributed by atoms with Gasteiger partial charge >= 0.3 is 0 Å². The summed E-state index contributed by atoms with van der Waals surface area (Å²) in [6.45, 7) is 8.53. The van der Waals surface area contributed by atoms with Crippen LogP contribution in [0.15, 0.2) is 0 Å². The Morgan fingerprint density at radius 3 is 1.90 bits per heavy atom. The number of hydrogen-bond donors (Lipinski definition) is 0. The van der Waals surface area contributed by atoms with Crippen LogP contribution in [0.5, 0.6) is 0 Å². The molecular formula is C19H28F5O2PS2. The van der Waals surface area contributed by atoms with Crippen LogP contribution >= 0.6 is 17.1 Å². The van der Waals surface area contributed by atoms with Crippen molar-refractivity contribution < 1.29 is 31.0 Å². The minimum Gasteiger partial charge on any atom is -0.321 e. The second-order valence-electron chi connectivity index (χ2n) is 7.17. The second kappa shape index (κ2) is 12.6. The zero-order valence-electron chi connectivity index (χ0n) is 17.1. The highest BCUT2D eigenvalue weighted by Crippen LogP contribution is 2.62. The fraction of sp³-hybridized carbons (Fsp3) is 0.684. The summed E-state index contributed by atoms with van der Waals surface area (Å²) >= 11 is 6.29. The first kappa shape index (κ1) is 26.8. The van der Waals surface area contributed by atoms with Crippen LogP contribution in [0, 0.1) is 40.9 Å². The van der Waals surface area contributed by atoms with Gasteiger partial charge in [0.25, 0.3) is 0 Å². The molecule has 0 saturated carbocycles. The predicted molar refractivity (Wildman–Crippen MR) is 112 cm³/mol. The van der Waals surface area contributed by atoms with E-state index in [0.717, 1.165) is 37.1 Å². The first-order valence-corrected chi connectivity index (χ1v) is 13.8. The predicted octanol–water partition coefficient (Wildman–Crippen LogP) is 7.75. The van der Waals surface area contributed by atoms with Crippen LogP contribution in [-0.2, 0) is 26.6 Å². The summed E-state index contributed by atoms with van der Waals surface area (Å²) in [5.74, 6) is -9.96. The number of unbranched alkanes of at least 4 members (excludes halogenated alkanes) is 1. The van der Waals surface area contributed by atoms with E-state index in [1.54, 1.807) is 0 Å². The lowest BCUT2D eigenvalue weighted by Crippen LogP contribution is -2.10. The smallest absolute Gasteiger partial charge is 0.247 e. The topological polar surface area (TPSA) is 18.5 Å². The molecule has 0 spiro atoms. The summed E-state index contributed by atoms with van der Waals surface area (Å²) in [6, 6.07) is 0. The maximum atomic E-state index is 14.0. The van der Waals surface area contributed by atoms with E-state index in [1.165, 1.54) is 0 Å². The molecule has 0 amide bonds. The Kier molecular flexibility index (Phi) is 11.7. The van der Waals surface area contributed by atoms with Crippen molar-refractivity contribution in [1.82, 2.24) is 0 Å². The molecule has 0 bridgehead atoms. The van der Waals surface area contributed by atoms with Crippen molar-refractivity contribution in [3.63, 3.8) is 0 Å². The molecule has 29 heavy (non-hydrogen) atoms. The van der Waals surface area contributed by atoms with Crippen molar-refractivity contribution in [2.75, 3.05) is 13.2 Å². The van der Waals surface area contributed by atoms with Crippen LogP contribution in [0.2, 0.25) is 0 Å². The molecule has 0 aliphatic heterocycles. The lowest BCUT2D eigenvalue weighted by molar-refractivity contribution is 0.201. The summed E-state index contributed by atoms with van der Waals surface area (Å²) < 4.78 is 79.7. The van der Waals surface area contributed by atoms with Gasteiger partial charge in [-0.15, -0.1) is 0 Å². The molecule has 0 aliphatic carbocycles. The lowest BCUT2D eigenvalue weighted by Gasteiger charge is -2.25. The number of halogens is 5. The Hall–Kier alpha value is -0.210. The monoisotopic (exact) mass is 478 g/mol. The second-order valence-corrected chi connectivity index (χ2v) is 13.5. The van der Waals surface area contributed by atoms with E-state index in [9.17, 15) is 22.0 Å². The Labute approximate surface area is 178 Å². The van der Waals surface area contributed by atoms with Crippen molar-refractivity contribution in [2.24, 2.45) is 11.8 Å². The van der Waals surface area contributed by atoms with Crippen LogP contribution in [0.25, 0.3) is 0 Å². The molecule has 0 aliphatic rings. The van der Waals surface area contributed by atoms with E-state index in [4.69, 9.17) is 20.9 Å². The van der Waals surface area contributed by atoms with Gasteiger partial charge in [-0.1, -0.05) is 58.3 Å². The molecule has 2 atom stereocenters. The summed E-state index contributed by atoms with van der Waals surface area (Å²) in [6.07, 6.45) is 3.91. The average molecular weight is 479 g/mol. The van der Waals surface area contributed by atoms with Gasteiger partial charge in [0.15, 0.2) is 23.3 Å². The molecule has 0 N–H and O–H groups in total. The van der Waals surface area contributed by atoms with Crippen molar-refractivity contribution in [3.8, 4) is 0 Å². The highest BCUT2D eigenvalue weighted by molar-refractivity contribution is 8.67. The fourth-order valence-electron chi connectivity index (χ4n) is 2.37. The Morgan fingerprint density at radius 1 is 0.897 bits per heavy atom. The van der Waals surface area contributed by atoms with Crippen molar-refractivity contribution >= 4 is 28.9 Å². The van der Waals surface area contributed by atoms with Gasteiger partial charge < -0.3 is 9.05 Å². The average Bonchev–Trinajstić information content (AvgIpc) is 2.69. The molecule has 0 aromatic heterocycles. The maximum Gasteiger partial charge on any atom is 0.247 e. The summed E-state index contributed by atoms with van der Waals surface area (Å²) in [5, 5.41) is 0. The van der Waals surface area contributed by atoms with Crippen molar-refractivity contribution in [3.05, 3.63) is 34.6 Å². The van der Waals surface area contributed by atoms with Crippen LogP contribution < -0.4 is 0 Å². The van der Waals surface area contributed by atoms with Gasteiger partial charge in [-0.2, -0.15) is 0 Å².